The van der Waals surface area contributed by atoms with E-state index in [0.717, 1.165) is 16.8 Å². The van der Waals surface area contributed by atoms with Gasteiger partial charge in [-0.25, -0.2) is 0 Å². The lowest BCUT2D eigenvalue weighted by Crippen LogP contribution is -2.93. The molecule has 0 aliphatic rings. The van der Waals surface area contributed by atoms with E-state index in [2.05, 4.69) is 60.9 Å². The third kappa shape index (κ3) is 4.87. The number of anilines is 1. The summed E-state index contributed by atoms with van der Waals surface area (Å²) in [5, 5.41) is 5.30. The lowest BCUT2D eigenvalue weighted by Gasteiger charge is -2.23. The van der Waals surface area contributed by atoms with E-state index in [9.17, 15) is 4.79 Å². The number of amides is 1. The van der Waals surface area contributed by atoms with Crippen molar-refractivity contribution in [2.24, 2.45) is 5.92 Å². The normalized spacial score (nSPS) is 13.1. The van der Waals surface area contributed by atoms with Gasteiger partial charge in [0.2, 0.25) is 0 Å². The molecule has 0 unspecified atom stereocenters. The monoisotopic (exact) mass is 373 g/mol. The molecule has 0 aliphatic heterocycles. The minimum atomic E-state index is -0.198. The Labute approximate surface area is 167 Å². The van der Waals surface area contributed by atoms with Crippen LogP contribution >= 0.6 is 0 Å². The van der Waals surface area contributed by atoms with Gasteiger partial charge in [0, 0.05) is 22.7 Å². The maximum atomic E-state index is 12.9. The van der Waals surface area contributed by atoms with Crippen LogP contribution in [0.5, 0.6) is 0 Å². The van der Waals surface area contributed by atoms with Gasteiger partial charge in [-0.05, 0) is 18.6 Å². The zero-order valence-corrected chi connectivity index (χ0v) is 16.8. The molecular weight excluding hydrogens is 344 g/mol. The summed E-state index contributed by atoms with van der Waals surface area (Å²) in [6.07, 6.45) is 0. The molecule has 0 aromatic heterocycles. The summed E-state index contributed by atoms with van der Waals surface area (Å²) in [5.41, 5.74) is 4.23. The number of carbonyl (C=O) groups is 1. The number of hydrogen-bond donors (Lipinski definition) is 2. The average molecular weight is 374 g/mol. The van der Waals surface area contributed by atoms with Gasteiger partial charge in [-0.2, -0.15) is 0 Å². The van der Waals surface area contributed by atoms with Crippen LogP contribution in [-0.2, 0) is 4.79 Å². The summed E-state index contributed by atoms with van der Waals surface area (Å²) in [5.74, 6) is 0.444. The second-order valence-electron chi connectivity index (χ2n) is 7.56. The van der Waals surface area contributed by atoms with Gasteiger partial charge in [-0.1, -0.05) is 92.7 Å². The number of rotatable bonds is 7. The third-order valence-corrected chi connectivity index (χ3v) is 5.08. The fourth-order valence-electron chi connectivity index (χ4n) is 3.50. The lowest BCUT2D eigenvalue weighted by atomic mass is 9.95. The van der Waals surface area contributed by atoms with Gasteiger partial charge in [0.05, 0.1) is 0 Å². The average Bonchev–Trinajstić information content (AvgIpc) is 2.73. The van der Waals surface area contributed by atoms with E-state index in [-0.39, 0.29) is 18.0 Å². The zero-order valence-electron chi connectivity index (χ0n) is 16.8. The van der Waals surface area contributed by atoms with Crippen molar-refractivity contribution in [1.82, 2.24) is 0 Å². The zero-order chi connectivity index (χ0) is 19.9. The second-order valence-corrected chi connectivity index (χ2v) is 7.56. The van der Waals surface area contributed by atoms with E-state index in [1.807, 2.05) is 55.5 Å². The molecule has 3 rings (SSSR count). The molecule has 3 aromatic rings. The summed E-state index contributed by atoms with van der Waals surface area (Å²) >= 11 is 0. The number of carbonyl (C=O) groups excluding carboxylic acids is 1. The van der Waals surface area contributed by atoms with Crippen molar-refractivity contribution in [2.45, 2.75) is 32.9 Å². The Morgan fingerprint density at radius 2 is 1.36 bits per heavy atom. The van der Waals surface area contributed by atoms with Gasteiger partial charge in [0.25, 0.3) is 5.91 Å². The predicted molar refractivity (Wildman–Crippen MR) is 116 cm³/mol. The fraction of sp³-hybridized carbons (Fsp3) is 0.240. The van der Waals surface area contributed by atoms with Crippen LogP contribution in [-0.4, -0.2) is 11.9 Å². The van der Waals surface area contributed by atoms with E-state index in [0.29, 0.717) is 5.92 Å². The SMILES string of the molecule is CC(C)[C@@H]([NH2+][C@H](C)C(=O)Nc1ccccc1-c1ccccc1)c1ccccc1. The summed E-state index contributed by atoms with van der Waals surface area (Å²) in [6.45, 7) is 6.37. The molecule has 0 radical (unpaired) electrons. The van der Waals surface area contributed by atoms with E-state index < -0.39 is 0 Å². The predicted octanol–water partition coefficient (Wildman–Crippen LogP) is 4.64. The van der Waals surface area contributed by atoms with Crippen LogP contribution in [0.4, 0.5) is 5.69 Å². The summed E-state index contributed by atoms with van der Waals surface area (Å²) in [6, 6.07) is 28.5. The van der Waals surface area contributed by atoms with Crippen LogP contribution in [0.2, 0.25) is 0 Å². The molecule has 1 amide bonds. The molecule has 3 heteroatoms. The maximum Gasteiger partial charge on any atom is 0.282 e. The van der Waals surface area contributed by atoms with Gasteiger partial charge in [0.1, 0.15) is 6.04 Å². The van der Waals surface area contributed by atoms with Gasteiger partial charge in [-0.15, -0.1) is 0 Å². The molecule has 144 valence electrons. The van der Waals surface area contributed by atoms with E-state index >= 15 is 0 Å². The van der Waals surface area contributed by atoms with Crippen molar-refractivity contribution in [2.75, 3.05) is 5.32 Å². The van der Waals surface area contributed by atoms with Crippen LogP contribution in [0.3, 0.4) is 0 Å². The van der Waals surface area contributed by atoms with Crippen LogP contribution in [0.1, 0.15) is 32.4 Å². The Balaban J connectivity index is 1.75. The quantitative estimate of drug-likeness (QED) is 0.623. The Bertz CT molecular complexity index is 891. The molecule has 0 spiro atoms. The molecule has 2 atom stereocenters. The van der Waals surface area contributed by atoms with Crippen molar-refractivity contribution < 1.29 is 10.1 Å². The molecule has 3 aromatic carbocycles. The Kier molecular flexibility index (Phi) is 6.62. The van der Waals surface area contributed by atoms with E-state index in [1.165, 1.54) is 5.56 Å². The molecule has 28 heavy (non-hydrogen) atoms. The summed E-state index contributed by atoms with van der Waals surface area (Å²) < 4.78 is 0. The molecular formula is C25H29N2O+. The van der Waals surface area contributed by atoms with Crippen LogP contribution in [0.15, 0.2) is 84.9 Å². The highest BCUT2D eigenvalue weighted by Crippen LogP contribution is 2.27. The van der Waals surface area contributed by atoms with E-state index in [4.69, 9.17) is 0 Å². The summed E-state index contributed by atoms with van der Waals surface area (Å²) in [4.78, 5) is 12.9. The number of hydrogen-bond acceptors (Lipinski definition) is 1. The number of benzene rings is 3. The molecule has 0 saturated heterocycles. The molecule has 3 N–H and O–H groups in total. The molecule has 0 aliphatic carbocycles. The number of quaternary nitrogens is 1. The third-order valence-electron chi connectivity index (χ3n) is 5.08. The van der Waals surface area contributed by atoms with Crippen molar-refractivity contribution in [3.05, 3.63) is 90.5 Å². The molecule has 0 fully saturated rings. The van der Waals surface area contributed by atoms with Crippen LogP contribution < -0.4 is 10.6 Å². The molecule has 0 bridgehead atoms. The van der Waals surface area contributed by atoms with Crippen LogP contribution in [0.25, 0.3) is 11.1 Å². The number of nitrogens with two attached hydrogens (primary N) is 1. The van der Waals surface area contributed by atoms with Crippen LogP contribution in [0, 0.1) is 5.92 Å². The Morgan fingerprint density at radius 3 is 2.00 bits per heavy atom. The van der Waals surface area contributed by atoms with Crippen molar-refractivity contribution in [1.29, 1.82) is 0 Å². The van der Waals surface area contributed by atoms with Gasteiger partial charge < -0.3 is 10.6 Å². The number of nitrogens with one attached hydrogen (secondary N) is 1. The Morgan fingerprint density at radius 1 is 0.786 bits per heavy atom. The first-order chi connectivity index (χ1) is 13.6. The fourth-order valence-corrected chi connectivity index (χ4v) is 3.50. The Hall–Kier alpha value is -2.91. The first-order valence-electron chi connectivity index (χ1n) is 9.91. The molecule has 0 saturated carbocycles. The van der Waals surface area contributed by atoms with Gasteiger partial charge >= 0.3 is 0 Å². The highest BCUT2D eigenvalue weighted by atomic mass is 16.2. The van der Waals surface area contributed by atoms with Gasteiger partial charge in [0.15, 0.2) is 6.04 Å². The number of para-hydroxylation sites is 1. The highest BCUT2D eigenvalue weighted by Gasteiger charge is 2.26. The standard InChI is InChI=1S/C25H28N2O/c1-18(2)24(21-14-8-5-9-15-21)26-19(3)25(28)27-23-17-11-10-16-22(23)20-12-6-4-7-13-20/h4-19,24,26H,1-3H3,(H,27,28)/p+1/t19-,24-/m1/s1. The summed E-state index contributed by atoms with van der Waals surface area (Å²) in [7, 11) is 0. The molecule has 3 nitrogen and oxygen atoms in total. The van der Waals surface area contributed by atoms with Crippen molar-refractivity contribution in [3.8, 4) is 11.1 Å². The smallest absolute Gasteiger partial charge is 0.282 e. The minimum absolute atomic E-state index is 0.0185. The minimum Gasteiger partial charge on any atom is -0.330 e. The largest absolute Gasteiger partial charge is 0.330 e. The van der Waals surface area contributed by atoms with Gasteiger partial charge in [-0.3, -0.25) is 4.79 Å². The van der Waals surface area contributed by atoms with Crippen molar-refractivity contribution >= 4 is 11.6 Å². The topological polar surface area (TPSA) is 45.7 Å². The maximum absolute atomic E-state index is 12.9. The highest BCUT2D eigenvalue weighted by molar-refractivity contribution is 5.97. The van der Waals surface area contributed by atoms with Crippen molar-refractivity contribution in [3.63, 3.8) is 0 Å². The first-order valence-corrected chi connectivity index (χ1v) is 9.91. The second kappa shape index (κ2) is 9.34. The molecule has 0 heterocycles. The lowest BCUT2D eigenvalue weighted by molar-refractivity contribution is -0.718. The van der Waals surface area contributed by atoms with E-state index in [1.54, 1.807) is 0 Å². The first kappa shape index (κ1) is 19.8.